The number of piperazine rings is 1. The van der Waals surface area contributed by atoms with Crippen LogP contribution < -0.4 is 0 Å². The zero-order valence-corrected chi connectivity index (χ0v) is 22.0. The van der Waals surface area contributed by atoms with E-state index in [-0.39, 0.29) is 6.04 Å². The van der Waals surface area contributed by atoms with Gasteiger partial charge in [0.15, 0.2) is 0 Å². The highest BCUT2D eigenvalue weighted by Gasteiger charge is 2.38. The van der Waals surface area contributed by atoms with Crippen LogP contribution in [-0.4, -0.2) is 89.3 Å². The molecule has 0 unspecified atom stereocenters. The Morgan fingerprint density at radius 2 is 1.50 bits per heavy atom. The van der Waals surface area contributed by atoms with Crippen LogP contribution in [0.3, 0.4) is 0 Å². The van der Waals surface area contributed by atoms with Gasteiger partial charge >= 0.3 is 6.09 Å². The fourth-order valence-electron chi connectivity index (χ4n) is 3.87. The number of carbonyl (C=O) groups is 2. The van der Waals surface area contributed by atoms with Crippen molar-refractivity contribution < 1.29 is 27.0 Å². The number of hydroxylamine groups is 2. The number of hydrogen-bond donors (Lipinski definition) is 0. The number of carbonyl (C=O) groups excluding carboxylic acids is 2. The first-order valence-corrected chi connectivity index (χ1v) is 13.4. The summed E-state index contributed by atoms with van der Waals surface area (Å²) >= 11 is 0. The molecule has 11 nitrogen and oxygen atoms in total. The van der Waals surface area contributed by atoms with Crippen LogP contribution >= 0.6 is 0 Å². The van der Waals surface area contributed by atoms with Gasteiger partial charge in [-0.05, 0) is 52.0 Å². The Bertz CT molecular complexity index is 1090. The van der Waals surface area contributed by atoms with E-state index in [0.29, 0.717) is 31.2 Å². The first-order chi connectivity index (χ1) is 16.9. The second-order valence-corrected chi connectivity index (χ2v) is 11.1. The summed E-state index contributed by atoms with van der Waals surface area (Å²) in [5, 5.41) is 0.486. The lowest BCUT2D eigenvalue weighted by Crippen LogP contribution is -2.56. The molecule has 0 aromatic carbocycles. The minimum Gasteiger partial charge on any atom is -0.442 e. The minimum absolute atomic E-state index is 0.186. The van der Waals surface area contributed by atoms with Gasteiger partial charge in [-0.3, -0.25) is 19.7 Å². The second-order valence-electron chi connectivity index (χ2n) is 9.53. The van der Waals surface area contributed by atoms with Crippen LogP contribution in [0.1, 0.15) is 45.1 Å². The van der Waals surface area contributed by atoms with Crippen molar-refractivity contribution in [2.24, 2.45) is 0 Å². The van der Waals surface area contributed by atoms with Crippen LogP contribution in [0.4, 0.5) is 4.79 Å². The van der Waals surface area contributed by atoms with Gasteiger partial charge in [0.2, 0.25) is 5.91 Å². The topological polar surface area (TPSA) is 122 Å². The van der Waals surface area contributed by atoms with Gasteiger partial charge < -0.3 is 9.64 Å². The van der Waals surface area contributed by atoms with Crippen molar-refractivity contribution in [2.75, 3.05) is 32.4 Å². The van der Waals surface area contributed by atoms with E-state index in [0.717, 1.165) is 17.6 Å². The van der Waals surface area contributed by atoms with E-state index in [9.17, 15) is 18.0 Å². The van der Waals surface area contributed by atoms with E-state index in [1.807, 2.05) is 36.4 Å². The third-order valence-electron chi connectivity index (χ3n) is 5.43. The standard InChI is InChI=1S/C24H33N5O6S/c1-18(29(35-36(5,32)33)23(31)34-24(2,3)4)22(30)28-16-14-27(15-17-28)21(19-10-6-8-12-25-19)20-11-7-9-13-26-20/h6-13,18,21H,14-17H2,1-5H3/t18-/m0/s1. The van der Waals surface area contributed by atoms with E-state index >= 15 is 0 Å². The monoisotopic (exact) mass is 519 g/mol. The van der Waals surface area contributed by atoms with Gasteiger partial charge in [-0.15, -0.1) is 4.28 Å². The summed E-state index contributed by atoms with van der Waals surface area (Å²) in [7, 11) is -4.08. The second kappa shape index (κ2) is 11.3. The predicted octanol–water partition coefficient (Wildman–Crippen LogP) is 2.23. The molecule has 2 amide bonds. The van der Waals surface area contributed by atoms with Gasteiger partial charge in [-0.1, -0.05) is 12.1 Å². The molecule has 36 heavy (non-hydrogen) atoms. The third kappa shape index (κ3) is 7.45. The first kappa shape index (κ1) is 27.5. The molecule has 3 rings (SSSR count). The molecule has 1 aliphatic heterocycles. The van der Waals surface area contributed by atoms with Crippen LogP contribution in [0.5, 0.6) is 0 Å². The Balaban J connectivity index is 1.74. The fourth-order valence-corrected chi connectivity index (χ4v) is 4.35. The van der Waals surface area contributed by atoms with Gasteiger partial charge in [0.05, 0.1) is 23.7 Å². The van der Waals surface area contributed by atoms with E-state index in [4.69, 9.17) is 9.02 Å². The maximum atomic E-state index is 13.3. The number of ether oxygens (including phenoxy) is 1. The van der Waals surface area contributed by atoms with Crippen molar-refractivity contribution in [3.05, 3.63) is 60.2 Å². The number of amides is 2. The molecule has 1 aliphatic rings. The molecule has 1 fully saturated rings. The fraction of sp³-hybridized carbons (Fsp3) is 0.500. The van der Waals surface area contributed by atoms with E-state index in [1.54, 1.807) is 38.1 Å². The van der Waals surface area contributed by atoms with Crippen molar-refractivity contribution in [2.45, 2.75) is 45.4 Å². The molecule has 12 heteroatoms. The Kier molecular flexibility index (Phi) is 8.64. The maximum Gasteiger partial charge on any atom is 0.436 e. The van der Waals surface area contributed by atoms with Gasteiger partial charge in [0.25, 0.3) is 10.1 Å². The van der Waals surface area contributed by atoms with Crippen LogP contribution in [0.2, 0.25) is 0 Å². The lowest BCUT2D eigenvalue weighted by Gasteiger charge is -2.40. The molecule has 0 bridgehead atoms. The molecule has 196 valence electrons. The predicted molar refractivity (Wildman–Crippen MR) is 132 cm³/mol. The Morgan fingerprint density at radius 1 is 0.972 bits per heavy atom. The molecule has 0 spiro atoms. The highest BCUT2D eigenvalue weighted by molar-refractivity contribution is 7.85. The van der Waals surface area contributed by atoms with Crippen LogP contribution in [-0.2, 0) is 23.9 Å². The third-order valence-corrected chi connectivity index (χ3v) is 5.86. The summed E-state index contributed by atoms with van der Waals surface area (Å²) < 4.78 is 33.7. The Morgan fingerprint density at radius 3 is 1.92 bits per heavy atom. The van der Waals surface area contributed by atoms with Gasteiger partial charge in [-0.2, -0.15) is 13.5 Å². The number of pyridine rings is 2. The van der Waals surface area contributed by atoms with Gasteiger partial charge in [-0.25, -0.2) is 4.79 Å². The summed E-state index contributed by atoms with van der Waals surface area (Å²) in [6.45, 7) is 8.08. The number of aromatic nitrogens is 2. The van der Waals surface area contributed by atoms with Crippen molar-refractivity contribution in [1.82, 2.24) is 24.8 Å². The molecule has 1 saturated heterocycles. The SMILES string of the molecule is C[C@@H](C(=O)N1CCN(C(c2ccccn2)c2ccccn2)CC1)N(OS(C)(=O)=O)C(=O)OC(C)(C)C. The largest absolute Gasteiger partial charge is 0.442 e. The van der Waals surface area contributed by atoms with Crippen molar-refractivity contribution in [3.8, 4) is 0 Å². The van der Waals surface area contributed by atoms with Crippen molar-refractivity contribution >= 4 is 22.1 Å². The number of rotatable bonds is 7. The molecule has 1 atom stereocenters. The van der Waals surface area contributed by atoms with Crippen LogP contribution in [0.15, 0.2) is 48.8 Å². The van der Waals surface area contributed by atoms with Crippen molar-refractivity contribution in [3.63, 3.8) is 0 Å². The smallest absolute Gasteiger partial charge is 0.436 e. The zero-order valence-electron chi connectivity index (χ0n) is 21.2. The lowest BCUT2D eigenvalue weighted by molar-refractivity contribution is -0.151. The van der Waals surface area contributed by atoms with Gasteiger partial charge in [0.1, 0.15) is 11.6 Å². The van der Waals surface area contributed by atoms with Gasteiger partial charge in [0, 0.05) is 38.6 Å². The quantitative estimate of drug-likeness (QED) is 0.507. The molecule has 2 aromatic rings. The summed E-state index contributed by atoms with van der Waals surface area (Å²) in [6.07, 6.45) is 3.22. The summed E-state index contributed by atoms with van der Waals surface area (Å²) in [4.78, 5) is 38.7. The van der Waals surface area contributed by atoms with E-state index in [2.05, 4.69) is 14.9 Å². The molecule has 0 aliphatic carbocycles. The summed E-state index contributed by atoms with van der Waals surface area (Å²) in [5.74, 6) is -0.448. The average molecular weight is 520 g/mol. The van der Waals surface area contributed by atoms with Crippen molar-refractivity contribution in [1.29, 1.82) is 0 Å². The maximum absolute atomic E-state index is 13.3. The summed E-state index contributed by atoms with van der Waals surface area (Å²) in [5.41, 5.74) is 0.792. The lowest BCUT2D eigenvalue weighted by atomic mass is 10.1. The summed E-state index contributed by atoms with van der Waals surface area (Å²) in [6, 6.07) is 10.0. The Labute approximate surface area is 212 Å². The minimum atomic E-state index is -4.08. The number of hydrogen-bond acceptors (Lipinski definition) is 9. The normalized spacial score (nSPS) is 16.0. The molecular formula is C24H33N5O6S. The highest BCUT2D eigenvalue weighted by Crippen LogP contribution is 2.27. The molecule has 2 aromatic heterocycles. The van der Waals surface area contributed by atoms with Crippen LogP contribution in [0.25, 0.3) is 0 Å². The van der Waals surface area contributed by atoms with E-state index < -0.39 is 33.8 Å². The average Bonchev–Trinajstić information content (AvgIpc) is 2.82. The van der Waals surface area contributed by atoms with E-state index in [1.165, 1.54) is 6.92 Å². The highest BCUT2D eigenvalue weighted by atomic mass is 32.2. The first-order valence-electron chi connectivity index (χ1n) is 11.6. The molecule has 0 N–H and O–H groups in total. The molecular weight excluding hydrogens is 486 g/mol. The molecule has 0 saturated carbocycles. The Hall–Kier alpha value is -3.09. The zero-order chi connectivity index (χ0) is 26.5. The molecule has 0 radical (unpaired) electrons. The van der Waals surface area contributed by atoms with Crippen LogP contribution in [0, 0.1) is 0 Å². The molecule has 3 heterocycles. The number of nitrogens with zero attached hydrogens (tertiary/aromatic N) is 5.